The van der Waals surface area contributed by atoms with E-state index >= 15 is 0 Å². The zero-order valence-corrected chi connectivity index (χ0v) is 12.3. The minimum Gasteiger partial charge on any atom is -0.295 e. The first-order valence-corrected chi connectivity index (χ1v) is 7.10. The third-order valence-corrected chi connectivity index (χ3v) is 3.17. The summed E-state index contributed by atoms with van der Waals surface area (Å²) in [7, 11) is 0. The van der Waals surface area contributed by atoms with Crippen molar-refractivity contribution in [3.8, 4) is 11.4 Å². The van der Waals surface area contributed by atoms with Crippen LogP contribution in [0.4, 0.5) is 13.2 Å². The van der Waals surface area contributed by atoms with Crippen molar-refractivity contribution >= 4 is 0 Å². The van der Waals surface area contributed by atoms with Crippen LogP contribution in [0, 0.1) is 0 Å². The molecule has 0 spiro atoms. The number of hydrogen-bond donors (Lipinski definition) is 0. The highest BCUT2D eigenvalue weighted by Gasteiger charge is 2.29. The van der Waals surface area contributed by atoms with Crippen LogP contribution in [-0.2, 0) is 6.54 Å². The van der Waals surface area contributed by atoms with E-state index in [1.165, 1.54) is 9.70 Å². The van der Waals surface area contributed by atoms with E-state index in [0.717, 1.165) is 5.56 Å². The van der Waals surface area contributed by atoms with Gasteiger partial charge in [-0.25, -0.2) is 0 Å². The van der Waals surface area contributed by atoms with Crippen molar-refractivity contribution in [3.05, 3.63) is 30.3 Å². The zero-order valence-electron chi connectivity index (χ0n) is 12.3. The summed E-state index contributed by atoms with van der Waals surface area (Å²) in [6.07, 6.45) is -3.63. The molecule has 0 aliphatic heterocycles. The number of aromatic nitrogens is 4. The van der Waals surface area contributed by atoms with E-state index in [4.69, 9.17) is 0 Å². The largest absolute Gasteiger partial charge is 0.401 e. The smallest absolute Gasteiger partial charge is 0.295 e. The van der Waals surface area contributed by atoms with Crippen molar-refractivity contribution in [2.75, 3.05) is 19.6 Å². The topological polar surface area (TPSA) is 46.8 Å². The van der Waals surface area contributed by atoms with Crippen LogP contribution >= 0.6 is 0 Å². The SMILES string of the molecule is CCN(CCCn1nnc(-c2ccccc2)n1)CC(F)(F)F. The van der Waals surface area contributed by atoms with Crippen LogP contribution in [0.3, 0.4) is 0 Å². The second-order valence-electron chi connectivity index (χ2n) is 4.91. The van der Waals surface area contributed by atoms with Crippen molar-refractivity contribution in [2.45, 2.75) is 26.1 Å². The van der Waals surface area contributed by atoms with Crippen LogP contribution in [-0.4, -0.2) is 50.9 Å². The van der Waals surface area contributed by atoms with Crippen molar-refractivity contribution < 1.29 is 13.2 Å². The van der Waals surface area contributed by atoms with Crippen LogP contribution < -0.4 is 0 Å². The first-order valence-electron chi connectivity index (χ1n) is 7.10. The summed E-state index contributed by atoms with van der Waals surface area (Å²) in [4.78, 5) is 2.78. The van der Waals surface area contributed by atoms with Gasteiger partial charge in [0.2, 0.25) is 5.82 Å². The minimum absolute atomic E-state index is 0.345. The zero-order chi connectivity index (χ0) is 16.0. The molecule has 1 heterocycles. The predicted octanol–water partition coefficient (Wildman–Crippen LogP) is 2.61. The highest BCUT2D eigenvalue weighted by Crippen LogP contribution is 2.16. The highest BCUT2D eigenvalue weighted by atomic mass is 19.4. The predicted molar refractivity (Wildman–Crippen MR) is 76.0 cm³/mol. The van der Waals surface area contributed by atoms with Gasteiger partial charge < -0.3 is 0 Å². The number of halogens is 3. The molecule has 5 nitrogen and oxygen atoms in total. The highest BCUT2D eigenvalue weighted by molar-refractivity contribution is 5.52. The van der Waals surface area contributed by atoms with Gasteiger partial charge in [-0.3, -0.25) is 4.90 Å². The molecule has 1 aromatic carbocycles. The van der Waals surface area contributed by atoms with E-state index in [-0.39, 0.29) is 0 Å². The van der Waals surface area contributed by atoms with Crippen LogP contribution in [0.15, 0.2) is 30.3 Å². The first-order chi connectivity index (χ1) is 10.5. The maximum absolute atomic E-state index is 12.4. The number of aryl methyl sites for hydroxylation is 1. The van der Waals surface area contributed by atoms with Gasteiger partial charge in [0.05, 0.1) is 13.1 Å². The van der Waals surface area contributed by atoms with Crippen LogP contribution in [0.5, 0.6) is 0 Å². The number of benzene rings is 1. The Bertz CT molecular complexity index is 567. The lowest BCUT2D eigenvalue weighted by molar-refractivity contribution is -0.145. The number of rotatable bonds is 7. The Morgan fingerprint density at radius 2 is 1.91 bits per heavy atom. The molecule has 0 saturated carbocycles. The van der Waals surface area contributed by atoms with Gasteiger partial charge in [0, 0.05) is 12.1 Å². The summed E-state index contributed by atoms with van der Waals surface area (Å²) >= 11 is 0. The summed E-state index contributed by atoms with van der Waals surface area (Å²) < 4.78 is 37.1. The fourth-order valence-electron chi connectivity index (χ4n) is 2.08. The molecule has 0 atom stereocenters. The third-order valence-electron chi connectivity index (χ3n) is 3.17. The van der Waals surface area contributed by atoms with E-state index < -0.39 is 12.7 Å². The molecule has 0 amide bonds. The molecular weight excluding hydrogens is 295 g/mol. The fourth-order valence-corrected chi connectivity index (χ4v) is 2.08. The van der Waals surface area contributed by atoms with E-state index in [9.17, 15) is 13.2 Å². The van der Waals surface area contributed by atoms with Crippen LogP contribution in [0.25, 0.3) is 11.4 Å². The standard InChI is InChI=1S/C14H18F3N5/c1-2-21(11-14(15,16)17)9-6-10-22-19-13(18-20-22)12-7-4-3-5-8-12/h3-5,7-8H,2,6,9-11H2,1H3. The average Bonchev–Trinajstić information content (AvgIpc) is 2.95. The maximum Gasteiger partial charge on any atom is 0.401 e. The molecule has 0 aliphatic carbocycles. The van der Waals surface area contributed by atoms with E-state index in [0.29, 0.717) is 31.9 Å². The van der Waals surface area contributed by atoms with Crippen LogP contribution in [0.2, 0.25) is 0 Å². The van der Waals surface area contributed by atoms with Gasteiger partial charge >= 0.3 is 6.18 Å². The Balaban J connectivity index is 1.84. The number of nitrogens with zero attached hydrogens (tertiary/aromatic N) is 5. The van der Waals surface area contributed by atoms with Crippen molar-refractivity contribution in [1.82, 2.24) is 25.1 Å². The molecule has 0 aliphatic rings. The summed E-state index contributed by atoms with van der Waals surface area (Å²) in [6, 6.07) is 9.42. The Morgan fingerprint density at radius 3 is 2.55 bits per heavy atom. The van der Waals surface area contributed by atoms with E-state index in [1.54, 1.807) is 6.92 Å². The molecule has 2 rings (SSSR count). The van der Waals surface area contributed by atoms with Crippen molar-refractivity contribution in [2.24, 2.45) is 0 Å². The van der Waals surface area contributed by atoms with Gasteiger partial charge in [0.25, 0.3) is 0 Å². The lowest BCUT2D eigenvalue weighted by Crippen LogP contribution is -2.35. The lowest BCUT2D eigenvalue weighted by atomic mass is 10.2. The van der Waals surface area contributed by atoms with E-state index in [2.05, 4.69) is 15.4 Å². The Morgan fingerprint density at radius 1 is 1.18 bits per heavy atom. The molecular formula is C14H18F3N5. The number of hydrogen-bond acceptors (Lipinski definition) is 4. The van der Waals surface area contributed by atoms with Gasteiger partial charge in [-0.15, -0.1) is 10.2 Å². The molecule has 0 fully saturated rings. The Labute approximate surface area is 126 Å². The summed E-state index contributed by atoms with van der Waals surface area (Å²) in [6.45, 7) is 1.97. The molecule has 1 aromatic heterocycles. The third kappa shape index (κ3) is 5.10. The monoisotopic (exact) mass is 313 g/mol. The Kier molecular flexibility index (Phi) is 5.48. The van der Waals surface area contributed by atoms with Crippen molar-refractivity contribution in [3.63, 3.8) is 0 Å². The van der Waals surface area contributed by atoms with Gasteiger partial charge in [0.15, 0.2) is 0 Å². The Hall–Kier alpha value is -1.96. The average molecular weight is 313 g/mol. The molecule has 0 unspecified atom stereocenters. The van der Waals surface area contributed by atoms with Crippen LogP contribution in [0.1, 0.15) is 13.3 Å². The second kappa shape index (κ2) is 7.35. The molecule has 2 aromatic rings. The van der Waals surface area contributed by atoms with E-state index in [1.807, 2.05) is 30.3 Å². The summed E-state index contributed by atoms with van der Waals surface area (Å²) in [5.41, 5.74) is 0.862. The molecule has 120 valence electrons. The summed E-state index contributed by atoms with van der Waals surface area (Å²) in [5, 5.41) is 12.1. The van der Waals surface area contributed by atoms with Gasteiger partial charge in [-0.1, -0.05) is 37.3 Å². The van der Waals surface area contributed by atoms with Crippen molar-refractivity contribution in [1.29, 1.82) is 0 Å². The molecule has 0 bridgehead atoms. The lowest BCUT2D eigenvalue weighted by Gasteiger charge is -2.21. The molecule has 0 N–H and O–H groups in total. The molecule has 8 heteroatoms. The van der Waals surface area contributed by atoms with Gasteiger partial charge in [-0.2, -0.15) is 18.0 Å². The van der Waals surface area contributed by atoms with Gasteiger partial charge in [0.1, 0.15) is 0 Å². The molecule has 0 radical (unpaired) electrons. The fraction of sp³-hybridized carbons (Fsp3) is 0.500. The minimum atomic E-state index is -4.16. The number of alkyl halides is 3. The normalized spacial score (nSPS) is 12.0. The van der Waals surface area contributed by atoms with Gasteiger partial charge in [-0.05, 0) is 18.2 Å². The maximum atomic E-state index is 12.4. The first kappa shape index (κ1) is 16.4. The number of tetrazole rings is 1. The molecule has 0 saturated heterocycles. The second-order valence-corrected chi connectivity index (χ2v) is 4.91. The quantitative estimate of drug-likeness (QED) is 0.788. The molecule has 22 heavy (non-hydrogen) atoms. The summed E-state index contributed by atoms with van der Waals surface area (Å²) in [5.74, 6) is 0.517.